The summed E-state index contributed by atoms with van der Waals surface area (Å²) in [6, 6.07) is 6.96. The second-order valence-electron chi connectivity index (χ2n) is 8.26. The molecule has 2 atom stereocenters. The molecule has 1 aliphatic heterocycles. The van der Waals surface area contributed by atoms with Crippen molar-refractivity contribution in [1.82, 2.24) is 10.3 Å². The van der Waals surface area contributed by atoms with Gasteiger partial charge in [-0.2, -0.15) is 18.4 Å². The SMILES string of the molecule is CC#N.CC(C)NC(c1ccc(N=C(N)c2c(NC3CCCOC3)cc[nH]c2=O)cc1)C(F)(F)F. The Balaban J connectivity index is 0.00000137. The first-order chi connectivity index (χ1) is 16.6. The maximum atomic E-state index is 13.4. The van der Waals surface area contributed by atoms with Crippen LogP contribution in [0.4, 0.5) is 24.5 Å². The fourth-order valence-electron chi connectivity index (χ4n) is 3.58. The fourth-order valence-corrected chi connectivity index (χ4v) is 3.58. The Hall–Kier alpha value is -3.36. The molecule has 0 spiro atoms. The standard InChI is InChI=1S/C22H28F3N5O2.C2H3N/c1-13(2)28-19(22(23,24)25)14-5-7-15(8-6-14)30-20(26)18-17(9-10-27-21(18)31)29-16-4-3-11-32-12-16;1-2-3/h5-10,13,16,19,28H,3-4,11-12H2,1-2H3,(H2,26,30)(H2,27,29,31);1H3. The van der Waals surface area contributed by atoms with E-state index in [1.165, 1.54) is 37.4 Å². The number of nitrogens with two attached hydrogens (primary N) is 1. The summed E-state index contributed by atoms with van der Waals surface area (Å²) in [6.07, 6.45) is -1.11. The van der Waals surface area contributed by atoms with Crippen molar-refractivity contribution >= 4 is 17.2 Å². The third kappa shape index (κ3) is 8.42. The number of nitrogens with one attached hydrogen (secondary N) is 3. The van der Waals surface area contributed by atoms with E-state index in [-0.39, 0.29) is 29.0 Å². The second kappa shape index (κ2) is 12.9. The Morgan fingerprint density at radius 1 is 1.29 bits per heavy atom. The summed E-state index contributed by atoms with van der Waals surface area (Å²) >= 11 is 0. The van der Waals surface area contributed by atoms with Gasteiger partial charge in [-0.25, -0.2) is 4.99 Å². The van der Waals surface area contributed by atoms with E-state index in [0.29, 0.717) is 24.6 Å². The number of aromatic nitrogens is 1. The van der Waals surface area contributed by atoms with E-state index in [9.17, 15) is 18.0 Å². The van der Waals surface area contributed by atoms with Gasteiger partial charge in [0.1, 0.15) is 17.4 Å². The van der Waals surface area contributed by atoms with Gasteiger partial charge in [-0.3, -0.25) is 4.79 Å². The van der Waals surface area contributed by atoms with E-state index >= 15 is 0 Å². The number of anilines is 1. The highest BCUT2D eigenvalue weighted by Crippen LogP contribution is 2.34. The average Bonchev–Trinajstić information content (AvgIpc) is 2.78. The topological polar surface area (TPSA) is 128 Å². The molecule has 2 heterocycles. The smallest absolute Gasteiger partial charge is 0.383 e. The minimum Gasteiger partial charge on any atom is -0.383 e. The van der Waals surface area contributed by atoms with Crippen LogP contribution in [0.25, 0.3) is 0 Å². The molecule has 3 rings (SSSR count). The summed E-state index contributed by atoms with van der Waals surface area (Å²) in [6.45, 7) is 5.97. The number of H-pyrrole nitrogens is 1. The van der Waals surface area contributed by atoms with Crippen molar-refractivity contribution in [3.63, 3.8) is 0 Å². The van der Waals surface area contributed by atoms with Crippen LogP contribution in [0.1, 0.15) is 50.8 Å². The van der Waals surface area contributed by atoms with Crippen LogP contribution in [0.15, 0.2) is 46.3 Å². The highest BCUT2D eigenvalue weighted by molar-refractivity contribution is 6.03. The van der Waals surface area contributed by atoms with Gasteiger partial charge in [0.15, 0.2) is 0 Å². The van der Waals surface area contributed by atoms with E-state index in [4.69, 9.17) is 15.7 Å². The lowest BCUT2D eigenvalue weighted by molar-refractivity contribution is -0.159. The van der Waals surface area contributed by atoms with Crippen molar-refractivity contribution in [2.24, 2.45) is 10.7 Å². The average molecular weight is 493 g/mol. The zero-order valence-electron chi connectivity index (χ0n) is 19.9. The zero-order chi connectivity index (χ0) is 26.0. The lowest BCUT2D eigenvalue weighted by Crippen LogP contribution is -2.38. The number of nitriles is 1. The quantitative estimate of drug-likeness (QED) is 0.340. The Bertz CT molecular complexity index is 1070. The molecule has 1 aromatic carbocycles. The summed E-state index contributed by atoms with van der Waals surface area (Å²) in [5, 5.41) is 13.1. The number of aliphatic imine (C=N–C) groups is 1. The highest BCUT2D eigenvalue weighted by Gasteiger charge is 2.40. The molecule has 35 heavy (non-hydrogen) atoms. The van der Waals surface area contributed by atoms with Gasteiger partial charge in [-0.1, -0.05) is 26.0 Å². The molecule has 0 aliphatic carbocycles. The molecule has 0 saturated carbocycles. The van der Waals surface area contributed by atoms with Crippen LogP contribution >= 0.6 is 0 Å². The van der Waals surface area contributed by atoms with Crippen molar-refractivity contribution in [3.8, 4) is 6.07 Å². The van der Waals surface area contributed by atoms with E-state index in [2.05, 4.69) is 20.6 Å². The Labute approximate surface area is 202 Å². The first-order valence-electron chi connectivity index (χ1n) is 11.2. The number of amidine groups is 1. The summed E-state index contributed by atoms with van der Waals surface area (Å²) in [4.78, 5) is 19.3. The van der Waals surface area contributed by atoms with Crippen molar-refractivity contribution in [2.75, 3.05) is 18.5 Å². The molecule has 1 aliphatic rings. The molecule has 2 aromatic rings. The molecule has 5 N–H and O–H groups in total. The number of halogens is 3. The number of rotatable bonds is 7. The molecular formula is C24H31F3N6O2. The predicted octanol–water partition coefficient (Wildman–Crippen LogP) is 4.13. The number of hydrogen-bond acceptors (Lipinski definition) is 6. The third-order valence-electron chi connectivity index (χ3n) is 5.04. The molecular weight excluding hydrogens is 461 g/mol. The molecule has 2 unspecified atom stereocenters. The number of aromatic amines is 1. The van der Waals surface area contributed by atoms with Gasteiger partial charge in [0.05, 0.1) is 24.1 Å². The molecule has 0 radical (unpaired) electrons. The molecule has 1 fully saturated rings. The van der Waals surface area contributed by atoms with Crippen LogP contribution in [0.2, 0.25) is 0 Å². The van der Waals surface area contributed by atoms with Gasteiger partial charge >= 0.3 is 6.18 Å². The van der Waals surface area contributed by atoms with E-state index in [1.807, 2.05) is 0 Å². The first-order valence-corrected chi connectivity index (χ1v) is 11.2. The number of hydrogen-bond donors (Lipinski definition) is 4. The highest BCUT2D eigenvalue weighted by atomic mass is 19.4. The number of alkyl halides is 3. The van der Waals surface area contributed by atoms with Crippen molar-refractivity contribution in [3.05, 3.63) is 58.0 Å². The van der Waals surface area contributed by atoms with Crippen LogP contribution in [0.5, 0.6) is 0 Å². The molecule has 1 aromatic heterocycles. The maximum Gasteiger partial charge on any atom is 0.407 e. The summed E-state index contributed by atoms with van der Waals surface area (Å²) < 4.78 is 45.7. The summed E-state index contributed by atoms with van der Waals surface area (Å²) in [5.41, 5.74) is 6.83. The Morgan fingerprint density at radius 3 is 2.49 bits per heavy atom. The lowest BCUT2D eigenvalue weighted by atomic mass is 10.1. The largest absolute Gasteiger partial charge is 0.407 e. The summed E-state index contributed by atoms with van der Waals surface area (Å²) in [7, 11) is 0. The number of ether oxygens (including phenoxy) is 1. The number of nitrogens with zero attached hydrogens (tertiary/aromatic N) is 2. The first kappa shape index (κ1) is 27.9. The number of pyridine rings is 1. The van der Waals surface area contributed by atoms with Gasteiger partial charge < -0.3 is 26.1 Å². The molecule has 190 valence electrons. The van der Waals surface area contributed by atoms with Crippen molar-refractivity contribution < 1.29 is 17.9 Å². The zero-order valence-corrected chi connectivity index (χ0v) is 19.9. The Kier molecular flexibility index (Phi) is 10.3. The molecule has 0 bridgehead atoms. The van der Waals surface area contributed by atoms with Crippen LogP contribution in [0, 0.1) is 11.3 Å². The minimum absolute atomic E-state index is 0.0356. The molecule has 0 amide bonds. The van der Waals surface area contributed by atoms with Crippen molar-refractivity contribution in [2.45, 2.75) is 57.9 Å². The van der Waals surface area contributed by atoms with Crippen LogP contribution in [0.3, 0.4) is 0 Å². The van der Waals surface area contributed by atoms with Crippen LogP contribution in [-0.2, 0) is 4.74 Å². The monoisotopic (exact) mass is 492 g/mol. The normalized spacial score (nSPS) is 17.2. The maximum absolute atomic E-state index is 13.4. The molecule has 11 heteroatoms. The number of benzene rings is 1. The van der Waals surface area contributed by atoms with E-state index in [0.717, 1.165) is 12.8 Å². The van der Waals surface area contributed by atoms with Gasteiger partial charge in [0.2, 0.25) is 0 Å². The Morgan fingerprint density at radius 2 is 1.94 bits per heavy atom. The fraction of sp³-hybridized carbons (Fsp3) is 0.458. The van der Waals surface area contributed by atoms with Crippen LogP contribution < -0.4 is 21.9 Å². The van der Waals surface area contributed by atoms with Crippen molar-refractivity contribution in [1.29, 1.82) is 5.26 Å². The van der Waals surface area contributed by atoms with E-state index in [1.54, 1.807) is 26.0 Å². The van der Waals surface area contributed by atoms with Gasteiger partial charge in [-0.15, -0.1) is 0 Å². The van der Waals surface area contributed by atoms with Gasteiger partial charge in [-0.05, 0) is 36.6 Å². The third-order valence-corrected chi connectivity index (χ3v) is 5.04. The minimum atomic E-state index is -4.44. The molecule has 1 saturated heterocycles. The predicted molar refractivity (Wildman–Crippen MR) is 130 cm³/mol. The lowest BCUT2D eigenvalue weighted by Gasteiger charge is -2.25. The van der Waals surface area contributed by atoms with Gasteiger partial charge in [0, 0.05) is 31.8 Å². The van der Waals surface area contributed by atoms with E-state index < -0.39 is 17.8 Å². The second-order valence-corrected chi connectivity index (χ2v) is 8.26. The molecule has 8 nitrogen and oxygen atoms in total. The summed E-state index contributed by atoms with van der Waals surface area (Å²) in [5.74, 6) is -0.0356. The van der Waals surface area contributed by atoms with Crippen LogP contribution in [-0.4, -0.2) is 42.3 Å². The van der Waals surface area contributed by atoms with Gasteiger partial charge in [0.25, 0.3) is 5.56 Å².